The molecular formula is C13H23N3O5. The topological polar surface area (TPSA) is 110 Å². The van der Waals surface area contributed by atoms with Crippen molar-refractivity contribution in [2.24, 2.45) is 5.92 Å². The van der Waals surface area contributed by atoms with Crippen LogP contribution in [0.25, 0.3) is 0 Å². The number of carbonyl (C=O) groups excluding carboxylic acids is 2. The number of rotatable bonds is 5. The highest BCUT2D eigenvalue weighted by Gasteiger charge is 2.31. The van der Waals surface area contributed by atoms with E-state index in [9.17, 15) is 14.4 Å². The van der Waals surface area contributed by atoms with Gasteiger partial charge in [0.1, 0.15) is 6.04 Å². The lowest BCUT2D eigenvalue weighted by molar-refractivity contribution is -0.143. The molecule has 0 radical (unpaired) electrons. The summed E-state index contributed by atoms with van der Waals surface area (Å²) in [5, 5.41) is 20.2. The number of likely N-dealkylation sites (tertiary alicyclic amines) is 1. The Balaban J connectivity index is 2.61. The van der Waals surface area contributed by atoms with Crippen molar-refractivity contribution >= 4 is 17.9 Å². The maximum Gasteiger partial charge on any atom is 0.326 e. The molecule has 1 fully saturated rings. The Morgan fingerprint density at radius 3 is 2.57 bits per heavy atom. The Labute approximate surface area is 123 Å². The number of hydrogen-bond acceptors (Lipinski definition) is 4. The molecule has 120 valence electrons. The molecule has 0 aromatic rings. The first-order valence-corrected chi connectivity index (χ1v) is 6.97. The molecule has 3 amide bonds. The summed E-state index contributed by atoms with van der Waals surface area (Å²) >= 11 is 0. The molecule has 8 heteroatoms. The first-order valence-electron chi connectivity index (χ1n) is 6.97. The van der Waals surface area contributed by atoms with Gasteiger partial charge in [-0.15, -0.1) is 0 Å². The minimum Gasteiger partial charge on any atom is -0.480 e. The molecule has 0 bridgehead atoms. The van der Waals surface area contributed by atoms with E-state index in [-0.39, 0.29) is 31.5 Å². The van der Waals surface area contributed by atoms with Gasteiger partial charge in [-0.1, -0.05) is 0 Å². The van der Waals surface area contributed by atoms with Crippen LogP contribution in [0.15, 0.2) is 0 Å². The van der Waals surface area contributed by atoms with Gasteiger partial charge in [-0.2, -0.15) is 0 Å². The predicted octanol–water partition coefficient (Wildman–Crippen LogP) is -0.668. The molecule has 0 saturated carbocycles. The van der Waals surface area contributed by atoms with E-state index in [0.29, 0.717) is 19.4 Å². The van der Waals surface area contributed by atoms with Crippen molar-refractivity contribution in [3.05, 3.63) is 0 Å². The summed E-state index contributed by atoms with van der Waals surface area (Å²) in [7, 11) is 3.29. The molecule has 21 heavy (non-hydrogen) atoms. The van der Waals surface area contributed by atoms with Crippen LogP contribution in [0, 0.1) is 5.92 Å². The van der Waals surface area contributed by atoms with Gasteiger partial charge in [0.05, 0.1) is 5.92 Å². The van der Waals surface area contributed by atoms with Crippen LogP contribution in [-0.4, -0.2) is 77.8 Å². The molecule has 1 unspecified atom stereocenters. The van der Waals surface area contributed by atoms with Crippen LogP contribution >= 0.6 is 0 Å². The third kappa shape index (κ3) is 4.89. The summed E-state index contributed by atoms with van der Waals surface area (Å²) in [4.78, 5) is 38.0. The van der Waals surface area contributed by atoms with Gasteiger partial charge in [-0.3, -0.25) is 4.79 Å². The second kappa shape index (κ2) is 7.82. The predicted molar refractivity (Wildman–Crippen MR) is 74.6 cm³/mol. The van der Waals surface area contributed by atoms with Crippen LogP contribution in [0.1, 0.15) is 19.3 Å². The van der Waals surface area contributed by atoms with Crippen LogP contribution in [0.4, 0.5) is 4.79 Å². The lowest BCUT2D eigenvalue weighted by Crippen LogP contribution is -2.51. The maximum atomic E-state index is 12.1. The summed E-state index contributed by atoms with van der Waals surface area (Å²) in [6.45, 7) is 0.571. The molecule has 1 heterocycles. The second-order valence-electron chi connectivity index (χ2n) is 5.37. The number of carboxylic acid groups (broad SMARTS) is 1. The average Bonchev–Trinajstić information content (AvgIpc) is 2.45. The van der Waals surface area contributed by atoms with E-state index in [1.807, 2.05) is 0 Å². The first-order chi connectivity index (χ1) is 9.86. The average molecular weight is 301 g/mol. The standard InChI is InChI=1S/C13H23N3O5/c1-15(2)13(21)16-6-3-4-9(8-16)11(18)14-10(5-7-17)12(19)20/h9-10,17H,3-8H2,1-2H3,(H,14,18)(H,19,20)/t9?,10-/m1/s1. The van der Waals surface area contributed by atoms with Gasteiger partial charge in [-0.25, -0.2) is 9.59 Å². The smallest absolute Gasteiger partial charge is 0.326 e. The molecular weight excluding hydrogens is 278 g/mol. The van der Waals surface area contributed by atoms with Gasteiger partial charge in [0.25, 0.3) is 0 Å². The fourth-order valence-electron chi connectivity index (χ4n) is 2.32. The molecule has 1 saturated heterocycles. The molecule has 0 aromatic heterocycles. The highest BCUT2D eigenvalue weighted by atomic mass is 16.4. The summed E-state index contributed by atoms with van der Waals surface area (Å²) in [6.07, 6.45) is 1.29. The quantitative estimate of drug-likeness (QED) is 0.624. The Hall–Kier alpha value is -1.83. The van der Waals surface area contributed by atoms with Crippen LogP contribution in [0.3, 0.4) is 0 Å². The van der Waals surface area contributed by atoms with Crippen LogP contribution in [0.2, 0.25) is 0 Å². The van der Waals surface area contributed by atoms with Gasteiger partial charge in [-0.05, 0) is 12.8 Å². The summed E-state index contributed by atoms with van der Waals surface area (Å²) in [6, 6.07) is -1.25. The second-order valence-corrected chi connectivity index (χ2v) is 5.37. The number of nitrogens with zero attached hydrogens (tertiary/aromatic N) is 2. The fraction of sp³-hybridized carbons (Fsp3) is 0.769. The Bertz CT molecular complexity index is 399. The van der Waals surface area contributed by atoms with Gasteiger partial charge in [0.15, 0.2) is 0 Å². The summed E-state index contributed by atoms with van der Waals surface area (Å²) < 4.78 is 0. The lowest BCUT2D eigenvalue weighted by Gasteiger charge is -2.34. The molecule has 2 atom stereocenters. The number of aliphatic carboxylic acids is 1. The number of aliphatic hydroxyl groups is 1. The van der Waals surface area contributed by atoms with Crippen molar-refractivity contribution in [1.29, 1.82) is 0 Å². The number of urea groups is 1. The number of carbonyl (C=O) groups is 3. The largest absolute Gasteiger partial charge is 0.480 e. The molecule has 8 nitrogen and oxygen atoms in total. The molecule has 1 rings (SSSR count). The zero-order chi connectivity index (χ0) is 16.0. The Kier molecular flexibility index (Phi) is 6.41. The minimum atomic E-state index is -1.17. The molecule has 1 aliphatic rings. The van der Waals surface area contributed by atoms with Crippen LogP contribution < -0.4 is 5.32 Å². The third-order valence-corrected chi connectivity index (χ3v) is 3.48. The molecule has 0 spiro atoms. The highest BCUT2D eigenvalue weighted by molar-refractivity contribution is 5.85. The van der Waals surface area contributed by atoms with Crippen molar-refractivity contribution in [2.75, 3.05) is 33.8 Å². The van der Waals surface area contributed by atoms with E-state index in [2.05, 4.69) is 5.32 Å². The van der Waals surface area contributed by atoms with E-state index in [4.69, 9.17) is 10.2 Å². The molecule has 1 aliphatic heterocycles. The number of piperidine rings is 1. The van der Waals surface area contributed by atoms with Crippen LogP contribution in [-0.2, 0) is 9.59 Å². The SMILES string of the molecule is CN(C)C(=O)N1CCCC(C(=O)N[C@H](CCO)C(=O)O)C1. The highest BCUT2D eigenvalue weighted by Crippen LogP contribution is 2.18. The van der Waals surface area contributed by atoms with Crippen LogP contribution in [0.5, 0.6) is 0 Å². The van der Waals surface area contributed by atoms with Gasteiger partial charge >= 0.3 is 12.0 Å². The fourth-order valence-corrected chi connectivity index (χ4v) is 2.32. The first kappa shape index (κ1) is 17.2. The maximum absolute atomic E-state index is 12.1. The number of hydrogen-bond donors (Lipinski definition) is 3. The van der Waals surface area contributed by atoms with E-state index in [1.165, 1.54) is 4.90 Å². The van der Waals surface area contributed by atoms with Crippen molar-refractivity contribution < 1.29 is 24.6 Å². The third-order valence-electron chi connectivity index (χ3n) is 3.48. The number of nitrogens with one attached hydrogen (secondary N) is 1. The Morgan fingerprint density at radius 2 is 2.05 bits per heavy atom. The molecule has 0 aliphatic carbocycles. The van der Waals surface area contributed by atoms with Gasteiger partial charge in [0.2, 0.25) is 5.91 Å². The normalized spacial score (nSPS) is 19.8. The minimum absolute atomic E-state index is 0.0336. The lowest BCUT2D eigenvalue weighted by atomic mass is 9.97. The molecule has 0 aromatic carbocycles. The molecule has 3 N–H and O–H groups in total. The van der Waals surface area contributed by atoms with E-state index >= 15 is 0 Å². The van der Waals surface area contributed by atoms with Crippen molar-refractivity contribution in [1.82, 2.24) is 15.1 Å². The van der Waals surface area contributed by atoms with Crippen molar-refractivity contribution in [3.8, 4) is 0 Å². The number of amides is 3. The van der Waals surface area contributed by atoms with E-state index < -0.39 is 17.9 Å². The Morgan fingerprint density at radius 1 is 1.38 bits per heavy atom. The van der Waals surface area contributed by atoms with E-state index in [0.717, 1.165) is 0 Å². The zero-order valence-electron chi connectivity index (χ0n) is 12.4. The zero-order valence-corrected chi connectivity index (χ0v) is 12.4. The van der Waals surface area contributed by atoms with Gasteiger partial charge < -0.3 is 25.3 Å². The summed E-state index contributed by atoms with van der Waals surface area (Å²) in [5.41, 5.74) is 0. The van der Waals surface area contributed by atoms with Gasteiger partial charge in [0, 0.05) is 40.2 Å². The number of aliphatic hydroxyl groups excluding tert-OH is 1. The monoisotopic (exact) mass is 301 g/mol. The van der Waals surface area contributed by atoms with Crippen molar-refractivity contribution in [2.45, 2.75) is 25.3 Å². The van der Waals surface area contributed by atoms with E-state index in [1.54, 1.807) is 19.0 Å². The van der Waals surface area contributed by atoms with Crippen molar-refractivity contribution in [3.63, 3.8) is 0 Å². The summed E-state index contributed by atoms with van der Waals surface area (Å²) in [5.74, 6) is -1.97. The number of carboxylic acids is 1.